The summed E-state index contributed by atoms with van der Waals surface area (Å²) in [4.78, 5) is 0. The van der Waals surface area contributed by atoms with Crippen molar-refractivity contribution in [1.29, 1.82) is 0 Å². The maximum absolute atomic E-state index is 10.8. The predicted molar refractivity (Wildman–Crippen MR) is 63.3 cm³/mol. The van der Waals surface area contributed by atoms with Crippen LogP contribution in [0.25, 0.3) is 6.08 Å². The van der Waals surface area contributed by atoms with E-state index in [0.717, 1.165) is 11.1 Å². The Morgan fingerprint density at radius 2 is 2.07 bits per heavy atom. The second-order valence-corrected chi connectivity index (χ2v) is 5.35. The highest BCUT2D eigenvalue weighted by Crippen LogP contribution is 2.06. The Morgan fingerprint density at radius 1 is 1.40 bits per heavy atom. The average Bonchev–Trinajstić information content (AvgIpc) is 2.25. The molecule has 1 aromatic carbocycles. The van der Waals surface area contributed by atoms with Crippen molar-refractivity contribution in [1.82, 2.24) is 0 Å². The summed E-state index contributed by atoms with van der Waals surface area (Å²) in [5, 5.41) is 0. The topological polar surface area (TPSA) is 26.3 Å². The van der Waals surface area contributed by atoms with Crippen LogP contribution < -0.4 is 0 Å². The minimum absolute atomic E-state index is 0.581. The van der Waals surface area contributed by atoms with Crippen LogP contribution in [0.15, 0.2) is 30.8 Å². The van der Waals surface area contributed by atoms with Crippen LogP contribution >= 0.6 is 0 Å². The summed E-state index contributed by atoms with van der Waals surface area (Å²) in [7, 11) is -1.39. The van der Waals surface area contributed by atoms with Crippen molar-refractivity contribution in [3.8, 4) is 0 Å². The summed E-state index contributed by atoms with van der Waals surface area (Å²) in [6.07, 6.45) is 1.81. The molecule has 0 radical (unpaired) electrons. The molecule has 0 amide bonds. The van der Waals surface area contributed by atoms with E-state index in [0.29, 0.717) is 19.3 Å². The third-order valence-corrected chi connectivity index (χ3v) is 2.99. The lowest BCUT2D eigenvalue weighted by atomic mass is 10.1. The molecule has 0 unspecified atom stereocenters. The minimum Gasteiger partial charge on any atom is -0.389 e. The standard InChI is InChI=1S/C12H16O2Si/c1-3-11-4-6-12(7-5-11)10-14-8-9-15(2)13/h3-7H,1,8-10H2,2H3. The lowest BCUT2D eigenvalue weighted by Crippen LogP contribution is -2.00. The van der Waals surface area contributed by atoms with Gasteiger partial charge in [0.05, 0.1) is 13.2 Å². The SMILES string of the molecule is C=Cc1ccc(COCC[Si](C)=O)cc1. The van der Waals surface area contributed by atoms with Gasteiger partial charge in [-0.1, -0.05) is 36.9 Å². The Bertz CT molecular complexity index is 330. The molecule has 0 N–H and O–H groups in total. The molecule has 0 saturated heterocycles. The first-order chi connectivity index (χ1) is 7.22. The third-order valence-electron chi connectivity index (χ3n) is 2.08. The fraction of sp³-hybridized carbons (Fsp3) is 0.333. The molecule has 80 valence electrons. The summed E-state index contributed by atoms with van der Waals surface area (Å²) in [6, 6.07) is 8.73. The first kappa shape index (κ1) is 12.0. The van der Waals surface area contributed by atoms with Crippen molar-refractivity contribution in [2.75, 3.05) is 6.61 Å². The zero-order chi connectivity index (χ0) is 11.1. The van der Waals surface area contributed by atoms with E-state index in [1.54, 1.807) is 6.55 Å². The van der Waals surface area contributed by atoms with Crippen LogP contribution in [0.2, 0.25) is 12.6 Å². The van der Waals surface area contributed by atoms with Crippen LogP contribution in [0.1, 0.15) is 11.1 Å². The highest BCUT2D eigenvalue weighted by Gasteiger charge is 1.97. The largest absolute Gasteiger partial charge is 0.389 e. The molecular weight excluding hydrogens is 204 g/mol. The zero-order valence-corrected chi connectivity index (χ0v) is 10.0. The summed E-state index contributed by atoms with van der Waals surface area (Å²) in [5.74, 6) is 0. The monoisotopic (exact) mass is 220 g/mol. The predicted octanol–water partition coefficient (Wildman–Crippen LogP) is 2.90. The van der Waals surface area contributed by atoms with E-state index in [2.05, 4.69) is 6.58 Å². The summed E-state index contributed by atoms with van der Waals surface area (Å²) < 4.78 is 16.2. The lowest BCUT2D eigenvalue weighted by Gasteiger charge is -2.03. The van der Waals surface area contributed by atoms with E-state index in [-0.39, 0.29) is 0 Å². The second kappa shape index (κ2) is 6.43. The fourth-order valence-electron chi connectivity index (χ4n) is 1.16. The van der Waals surface area contributed by atoms with Gasteiger partial charge < -0.3 is 9.20 Å². The first-order valence-corrected chi connectivity index (χ1v) is 7.12. The van der Waals surface area contributed by atoms with Gasteiger partial charge in [0.2, 0.25) is 0 Å². The summed E-state index contributed by atoms with van der Waals surface area (Å²) in [5.41, 5.74) is 2.24. The van der Waals surface area contributed by atoms with Crippen LogP contribution in [0.4, 0.5) is 0 Å². The quantitative estimate of drug-likeness (QED) is 0.544. The Kier molecular flexibility index (Phi) is 5.14. The number of ether oxygens (including phenoxy) is 1. The Hall–Kier alpha value is -1.06. The van der Waals surface area contributed by atoms with Crippen LogP contribution in [-0.2, 0) is 15.8 Å². The van der Waals surface area contributed by atoms with Gasteiger partial charge >= 0.3 is 0 Å². The number of rotatable bonds is 6. The maximum Gasteiger partial charge on any atom is 0.275 e. The molecule has 0 aliphatic carbocycles. The van der Waals surface area contributed by atoms with Gasteiger partial charge in [0.15, 0.2) is 0 Å². The van der Waals surface area contributed by atoms with Gasteiger partial charge in [0, 0.05) is 6.04 Å². The van der Waals surface area contributed by atoms with E-state index in [1.165, 1.54) is 0 Å². The molecule has 0 saturated carbocycles. The van der Waals surface area contributed by atoms with Crippen molar-refractivity contribution in [3.63, 3.8) is 0 Å². The molecule has 0 fully saturated rings. The molecule has 0 aliphatic heterocycles. The summed E-state index contributed by atoms with van der Waals surface area (Å²) >= 11 is 0. The van der Waals surface area contributed by atoms with Crippen LogP contribution in [-0.4, -0.2) is 15.3 Å². The minimum atomic E-state index is -1.39. The van der Waals surface area contributed by atoms with E-state index in [4.69, 9.17) is 4.74 Å². The molecular formula is C12H16O2Si. The molecule has 0 atom stereocenters. The molecule has 15 heavy (non-hydrogen) atoms. The smallest absolute Gasteiger partial charge is 0.275 e. The number of hydrogen-bond acceptors (Lipinski definition) is 2. The molecule has 1 aromatic rings. The molecule has 0 heterocycles. The van der Waals surface area contributed by atoms with Crippen molar-refractivity contribution in [2.24, 2.45) is 0 Å². The highest BCUT2D eigenvalue weighted by molar-refractivity contribution is 6.40. The Labute approximate surface area is 92.2 Å². The van der Waals surface area contributed by atoms with Crippen LogP contribution in [0.3, 0.4) is 0 Å². The van der Waals surface area contributed by atoms with Crippen molar-refractivity contribution < 1.29 is 9.20 Å². The van der Waals surface area contributed by atoms with Crippen molar-refractivity contribution in [3.05, 3.63) is 42.0 Å². The van der Waals surface area contributed by atoms with Crippen LogP contribution in [0, 0.1) is 0 Å². The average molecular weight is 220 g/mol. The van der Waals surface area contributed by atoms with Crippen molar-refractivity contribution >= 4 is 14.8 Å². The molecule has 0 aliphatic rings. The van der Waals surface area contributed by atoms with E-state index >= 15 is 0 Å². The number of benzene rings is 1. The molecule has 3 heteroatoms. The highest BCUT2D eigenvalue weighted by atomic mass is 28.3. The first-order valence-electron chi connectivity index (χ1n) is 5.01. The van der Waals surface area contributed by atoms with Crippen LogP contribution in [0.5, 0.6) is 0 Å². The summed E-state index contributed by atoms with van der Waals surface area (Å²) in [6.45, 7) is 6.62. The van der Waals surface area contributed by atoms with Gasteiger partial charge in [0.1, 0.15) is 0 Å². The third kappa shape index (κ3) is 4.81. The molecule has 2 nitrogen and oxygen atoms in total. The van der Waals surface area contributed by atoms with Gasteiger partial charge in [0.25, 0.3) is 8.68 Å². The zero-order valence-electron chi connectivity index (χ0n) is 9.03. The van der Waals surface area contributed by atoms with Gasteiger partial charge in [-0.3, -0.25) is 0 Å². The van der Waals surface area contributed by atoms with E-state index in [9.17, 15) is 4.46 Å². The van der Waals surface area contributed by atoms with Gasteiger partial charge in [-0.2, -0.15) is 0 Å². The maximum atomic E-state index is 10.8. The lowest BCUT2D eigenvalue weighted by molar-refractivity contribution is 0.133. The fourth-order valence-corrected chi connectivity index (χ4v) is 1.59. The van der Waals surface area contributed by atoms with E-state index in [1.807, 2.05) is 30.3 Å². The Morgan fingerprint density at radius 3 is 2.60 bits per heavy atom. The van der Waals surface area contributed by atoms with Gasteiger partial charge in [-0.05, 0) is 17.7 Å². The molecule has 0 spiro atoms. The molecule has 0 bridgehead atoms. The van der Waals surface area contributed by atoms with Gasteiger partial charge in [-0.15, -0.1) is 0 Å². The van der Waals surface area contributed by atoms with E-state index < -0.39 is 8.68 Å². The second-order valence-electron chi connectivity index (χ2n) is 3.45. The van der Waals surface area contributed by atoms with Gasteiger partial charge in [-0.25, -0.2) is 0 Å². The Balaban J connectivity index is 2.31. The molecule has 0 aromatic heterocycles. The normalized spacial score (nSPS) is 9.93. The molecule has 1 rings (SSSR count). The number of hydrogen-bond donors (Lipinski definition) is 0. The van der Waals surface area contributed by atoms with Crippen molar-refractivity contribution in [2.45, 2.75) is 19.2 Å².